The Balaban J connectivity index is 2.03. The van der Waals surface area contributed by atoms with Crippen molar-refractivity contribution >= 4 is 17.3 Å². The molecule has 35 heavy (non-hydrogen) atoms. The standard InChI is InChI=1S/C29H31N3O3/c1-5-31-20-13-15-24-26(17-20)35-27-18-21(32(6-2)7-3)14-16-25(27)29(24,19-30)23-12-10-9-11-22(23)28(33)34-8-4/h9-18,31H,5-8H2,1-4H3/t29-/m1/s1. The first-order chi connectivity index (χ1) is 17.0. The number of hydrogen-bond acceptors (Lipinski definition) is 6. The molecule has 1 heterocycles. The lowest BCUT2D eigenvalue weighted by molar-refractivity contribution is 0.0524. The first-order valence-electron chi connectivity index (χ1n) is 12.2. The fourth-order valence-corrected chi connectivity index (χ4v) is 4.85. The van der Waals surface area contributed by atoms with Gasteiger partial charge in [0.2, 0.25) is 0 Å². The van der Waals surface area contributed by atoms with E-state index < -0.39 is 11.4 Å². The smallest absolute Gasteiger partial charge is 0.338 e. The number of carbonyl (C=O) groups is 1. The summed E-state index contributed by atoms with van der Waals surface area (Å²) in [6.45, 7) is 10.7. The Kier molecular flexibility index (Phi) is 6.97. The highest BCUT2D eigenvalue weighted by Crippen LogP contribution is 2.53. The van der Waals surface area contributed by atoms with Crippen LogP contribution in [0, 0.1) is 11.3 Å². The van der Waals surface area contributed by atoms with Gasteiger partial charge < -0.3 is 19.7 Å². The lowest BCUT2D eigenvalue weighted by Gasteiger charge is -2.37. The lowest BCUT2D eigenvalue weighted by atomic mass is 9.67. The summed E-state index contributed by atoms with van der Waals surface area (Å²) in [5, 5.41) is 14.2. The average molecular weight is 470 g/mol. The summed E-state index contributed by atoms with van der Waals surface area (Å²) in [6.07, 6.45) is 0. The van der Waals surface area contributed by atoms with E-state index in [4.69, 9.17) is 9.47 Å². The van der Waals surface area contributed by atoms with Crippen LogP contribution in [0.4, 0.5) is 11.4 Å². The molecule has 0 unspecified atom stereocenters. The van der Waals surface area contributed by atoms with E-state index in [9.17, 15) is 10.1 Å². The number of anilines is 2. The first-order valence-corrected chi connectivity index (χ1v) is 12.2. The Labute approximate surface area is 207 Å². The number of nitriles is 1. The summed E-state index contributed by atoms with van der Waals surface area (Å²) < 4.78 is 11.8. The Morgan fingerprint density at radius 2 is 1.66 bits per heavy atom. The van der Waals surface area contributed by atoms with Gasteiger partial charge in [0, 0.05) is 54.3 Å². The zero-order chi connectivity index (χ0) is 25.0. The maximum Gasteiger partial charge on any atom is 0.338 e. The van der Waals surface area contributed by atoms with Crippen LogP contribution in [0.25, 0.3) is 0 Å². The molecular weight excluding hydrogens is 438 g/mol. The molecule has 0 saturated heterocycles. The molecule has 6 nitrogen and oxygen atoms in total. The molecule has 1 N–H and O–H groups in total. The van der Waals surface area contributed by atoms with Gasteiger partial charge in [-0.3, -0.25) is 0 Å². The Morgan fingerprint density at radius 1 is 0.971 bits per heavy atom. The van der Waals surface area contributed by atoms with Crippen molar-refractivity contribution in [3.63, 3.8) is 0 Å². The van der Waals surface area contributed by atoms with E-state index >= 15 is 0 Å². The zero-order valence-electron chi connectivity index (χ0n) is 20.7. The van der Waals surface area contributed by atoms with Crippen molar-refractivity contribution in [2.75, 3.05) is 36.5 Å². The Hall–Kier alpha value is -3.98. The summed E-state index contributed by atoms with van der Waals surface area (Å²) in [7, 11) is 0. The fourth-order valence-electron chi connectivity index (χ4n) is 4.85. The molecule has 1 atom stereocenters. The molecule has 0 amide bonds. The molecule has 1 aliphatic rings. The molecule has 4 rings (SSSR count). The Morgan fingerprint density at radius 3 is 2.31 bits per heavy atom. The number of hydrogen-bond donors (Lipinski definition) is 1. The quantitative estimate of drug-likeness (QED) is 0.402. The average Bonchev–Trinajstić information content (AvgIpc) is 2.88. The van der Waals surface area contributed by atoms with Crippen LogP contribution in [0.15, 0.2) is 60.7 Å². The molecule has 6 heteroatoms. The van der Waals surface area contributed by atoms with Crippen molar-refractivity contribution in [1.29, 1.82) is 5.26 Å². The van der Waals surface area contributed by atoms with Crippen molar-refractivity contribution in [1.82, 2.24) is 0 Å². The van der Waals surface area contributed by atoms with Gasteiger partial charge in [0.15, 0.2) is 0 Å². The van der Waals surface area contributed by atoms with Crippen LogP contribution >= 0.6 is 0 Å². The summed E-state index contributed by atoms with van der Waals surface area (Å²) in [4.78, 5) is 15.2. The predicted octanol–water partition coefficient (Wildman–Crippen LogP) is 6.10. The molecule has 3 aromatic rings. The SMILES string of the molecule is CCNc1ccc2c(c1)Oc1cc(N(CC)CC)ccc1[C@]2(C#N)c1ccccc1C(=O)OCC. The molecular formula is C29H31N3O3. The number of rotatable bonds is 8. The maximum atomic E-state index is 13.0. The van der Waals surface area contributed by atoms with E-state index in [2.05, 4.69) is 30.1 Å². The molecule has 0 aromatic heterocycles. The molecule has 0 radical (unpaired) electrons. The second-order valence-corrected chi connectivity index (χ2v) is 8.32. The minimum absolute atomic E-state index is 0.252. The maximum absolute atomic E-state index is 13.0. The molecule has 1 aliphatic heterocycles. The van der Waals surface area contributed by atoms with E-state index in [1.54, 1.807) is 19.1 Å². The molecule has 0 aliphatic carbocycles. The molecule has 0 spiro atoms. The van der Waals surface area contributed by atoms with Gasteiger partial charge in [-0.05, 0) is 51.5 Å². The Bertz CT molecular complexity index is 1280. The van der Waals surface area contributed by atoms with E-state index in [0.29, 0.717) is 33.8 Å². The van der Waals surface area contributed by atoms with Crippen molar-refractivity contribution in [3.05, 3.63) is 82.9 Å². The van der Waals surface area contributed by atoms with E-state index in [0.717, 1.165) is 31.0 Å². The van der Waals surface area contributed by atoms with Crippen molar-refractivity contribution in [2.45, 2.75) is 33.1 Å². The number of benzene rings is 3. The predicted molar refractivity (Wildman–Crippen MR) is 139 cm³/mol. The van der Waals surface area contributed by atoms with Gasteiger partial charge in [0.1, 0.15) is 16.9 Å². The summed E-state index contributed by atoms with van der Waals surface area (Å²) in [5.74, 6) is 0.750. The summed E-state index contributed by atoms with van der Waals surface area (Å²) in [6, 6.07) is 21.5. The topological polar surface area (TPSA) is 74.6 Å². The van der Waals surface area contributed by atoms with Crippen molar-refractivity contribution in [2.24, 2.45) is 0 Å². The third-order valence-corrected chi connectivity index (χ3v) is 6.48. The normalized spacial score (nSPS) is 15.7. The first kappa shape index (κ1) is 24.2. The van der Waals surface area contributed by atoms with Gasteiger partial charge in [-0.2, -0.15) is 5.26 Å². The van der Waals surface area contributed by atoms with Crippen LogP contribution in [-0.2, 0) is 10.2 Å². The number of ether oxygens (including phenoxy) is 2. The minimum Gasteiger partial charge on any atom is -0.462 e. The summed E-state index contributed by atoms with van der Waals surface area (Å²) in [5.41, 5.74) is 3.03. The monoisotopic (exact) mass is 469 g/mol. The van der Waals surface area contributed by atoms with E-state index in [-0.39, 0.29) is 6.61 Å². The number of esters is 1. The van der Waals surface area contributed by atoms with Crippen LogP contribution in [-0.4, -0.2) is 32.2 Å². The highest BCUT2D eigenvalue weighted by molar-refractivity contribution is 5.93. The third kappa shape index (κ3) is 4.08. The third-order valence-electron chi connectivity index (χ3n) is 6.48. The van der Waals surface area contributed by atoms with Gasteiger partial charge in [-0.15, -0.1) is 0 Å². The highest BCUT2D eigenvalue weighted by Gasteiger charge is 2.46. The number of carbonyl (C=O) groups excluding carboxylic acids is 1. The number of nitrogens with one attached hydrogen (secondary N) is 1. The second kappa shape index (κ2) is 10.1. The van der Waals surface area contributed by atoms with Crippen LogP contribution in [0.5, 0.6) is 11.5 Å². The van der Waals surface area contributed by atoms with Crippen LogP contribution in [0.3, 0.4) is 0 Å². The molecule has 0 fully saturated rings. The van der Waals surface area contributed by atoms with Gasteiger partial charge >= 0.3 is 5.97 Å². The molecule has 180 valence electrons. The largest absolute Gasteiger partial charge is 0.462 e. The second-order valence-electron chi connectivity index (χ2n) is 8.32. The lowest BCUT2D eigenvalue weighted by Crippen LogP contribution is -2.33. The van der Waals surface area contributed by atoms with Gasteiger partial charge in [0.25, 0.3) is 0 Å². The van der Waals surface area contributed by atoms with Crippen LogP contribution < -0.4 is 15.0 Å². The highest BCUT2D eigenvalue weighted by atomic mass is 16.5. The number of nitrogens with zero attached hydrogens (tertiary/aromatic N) is 2. The molecule has 0 bridgehead atoms. The van der Waals surface area contributed by atoms with Gasteiger partial charge in [0.05, 0.1) is 18.2 Å². The minimum atomic E-state index is -1.25. The molecule has 3 aromatic carbocycles. The van der Waals surface area contributed by atoms with Crippen LogP contribution in [0.1, 0.15) is 54.7 Å². The summed E-state index contributed by atoms with van der Waals surface area (Å²) >= 11 is 0. The van der Waals surface area contributed by atoms with E-state index in [1.807, 2.05) is 55.5 Å². The van der Waals surface area contributed by atoms with Crippen molar-refractivity contribution in [3.8, 4) is 17.6 Å². The molecule has 0 saturated carbocycles. The van der Waals surface area contributed by atoms with Crippen LogP contribution in [0.2, 0.25) is 0 Å². The van der Waals surface area contributed by atoms with Gasteiger partial charge in [-0.25, -0.2) is 4.79 Å². The number of fused-ring (bicyclic) bond motifs is 2. The van der Waals surface area contributed by atoms with E-state index in [1.165, 1.54) is 0 Å². The van der Waals surface area contributed by atoms with Gasteiger partial charge in [-0.1, -0.05) is 30.3 Å². The fraction of sp³-hybridized carbons (Fsp3) is 0.310. The van der Waals surface area contributed by atoms with Crippen molar-refractivity contribution < 1.29 is 14.3 Å². The zero-order valence-corrected chi connectivity index (χ0v) is 20.7.